The van der Waals surface area contributed by atoms with Crippen molar-refractivity contribution >= 4 is 10.0 Å². The minimum Gasteiger partial charge on any atom is -0.395 e. The van der Waals surface area contributed by atoms with Crippen molar-refractivity contribution in [2.45, 2.75) is 12.8 Å². The Morgan fingerprint density at radius 1 is 1.56 bits per heavy atom. The van der Waals surface area contributed by atoms with Gasteiger partial charge >= 0.3 is 0 Å². The summed E-state index contributed by atoms with van der Waals surface area (Å²) in [6, 6.07) is 0. The third-order valence-corrected chi connectivity index (χ3v) is 4.54. The number of sulfonamides is 1. The Balaban J connectivity index is 2.52. The van der Waals surface area contributed by atoms with Gasteiger partial charge in [0.25, 0.3) is 0 Å². The molecule has 6 heteroatoms. The Hall–Kier alpha value is -0.430. The third kappa shape index (κ3) is 5.06. The maximum atomic E-state index is 11.5. The van der Waals surface area contributed by atoms with E-state index in [0.717, 1.165) is 25.9 Å². The summed E-state index contributed by atoms with van der Waals surface area (Å²) in [6.07, 6.45) is 5.04. The molecule has 1 heterocycles. The summed E-state index contributed by atoms with van der Waals surface area (Å²) in [7, 11) is -3.07. The molecule has 18 heavy (non-hydrogen) atoms. The summed E-state index contributed by atoms with van der Waals surface area (Å²) in [4.78, 5) is 2.11. The average molecular weight is 276 g/mol. The van der Waals surface area contributed by atoms with Gasteiger partial charge in [0.1, 0.15) is 0 Å². The zero-order valence-electron chi connectivity index (χ0n) is 11.1. The van der Waals surface area contributed by atoms with Crippen LogP contribution >= 0.6 is 0 Å². The number of rotatable bonds is 7. The van der Waals surface area contributed by atoms with Crippen LogP contribution in [0.1, 0.15) is 12.8 Å². The summed E-state index contributed by atoms with van der Waals surface area (Å²) < 4.78 is 24.6. The Labute approximate surface area is 110 Å². The van der Waals surface area contributed by atoms with Gasteiger partial charge in [-0.05, 0) is 18.8 Å². The van der Waals surface area contributed by atoms with Gasteiger partial charge in [-0.1, -0.05) is 6.08 Å². The van der Waals surface area contributed by atoms with Crippen molar-refractivity contribution in [3.05, 3.63) is 12.7 Å². The van der Waals surface area contributed by atoms with Crippen LogP contribution in [0.25, 0.3) is 0 Å². The highest BCUT2D eigenvalue weighted by atomic mass is 32.2. The van der Waals surface area contributed by atoms with Gasteiger partial charge in [-0.3, -0.25) is 4.90 Å². The van der Waals surface area contributed by atoms with Crippen LogP contribution in [-0.2, 0) is 10.0 Å². The van der Waals surface area contributed by atoms with E-state index in [2.05, 4.69) is 11.5 Å². The standard InChI is InChI=1S/C12H24N2O3S/c1-3-6-13(8-9-15)10-12-5-4-7-14(11-12)18(2,16)17/h3,12,15H,1,4-11H2,2H3/t12-/m1/s1. The Morgan fingerprint density at radius 2 is 2.28 bits per heavy atom. The molecule has 0 spiro atoms. The molecule has 5 nitrogen and oxygen atoms in total. The van der Waals surface area contributed by atoms with E-state index in [9.17, 15) is 8.42 Å². The van der Waals surface area contributed by atoms with Crippen LogP contribution < -0.4 is 0 Å². The third-order valence-electron chi connectivity index (χ3n) is 3.27. The van der Waals surface area contributed by atoms with Gasteiger partial charge in [0.15, 0.2) is 0 Å². The van der Waals surface area contributed by atoms with E-state index in [1.54, 1.807) is 4.31 Å². The van der Waals surface area contributed by atoms with Crippen LogP contribution in [0, 0.1) is 5.92 Å². The molecule has 0 unspecified atom stereocenters. The second-order valence-corrected chi connectivity index (χ2v) is 6.88. The smallest absolute Gasteiger partial charge is 0.211 e. The summed E-state index contributed by atoms with van der Waals surface area (Å²) in [5.74, 6) is 0.347. The first-order valence-corrected chi connectivity index (χ1v) is 8.21. The molecular weight excluding hydrogens is 252 g/mol. The number of aliphatic hydroxyl groups is 1. The highest BCUT2D eigenvalue weighted by molar-refractivity contribution is 7.88. The fraction of sp³-hybridized carbons (Fsp3) is 0.833. The molecule has 0 radical (unpaired) electrons. The number of aliphatic hydroxyl groups excluding tert-OH is 1. The first-order chi connectivity index (χ1) is 8.47. The molecule has 0 bridgehead atoms. The average Bonchev–Trinajstić information content (AvgIpc) is 2.29. The van der Waals surface area contributed by atoms with Crippen LogP contribution in [0.3, 0.4) is 0 Å². The van der Waals surface area contributed by atoms with Gasteiger partial charge in [0.05, 0.1) is 12.9 Å². The topological polar surface area (TPSA) is 60.9 Å². The maximum Gasteiger partial charge on any atom is 0.211 e. The van der Waals surface area contributed by atoms with Crippen LogP contribution in [0.5, 0.6) is 0 Å². The van der Waals surface area contributed by atoms with Crippen molar-refractivity contribution in [1.82, 2.24) is 9.21 Å². The molecule has 1 N–H and O–H groups in total. The van der Waals surface area contributed by atoms with E-state index >= 15 is 0 Å². The Kier molecular flexibility index (Phi) is 6.28. The second-order valence-electron chi connectivity index (χ2n) is 4.90. The van der Waals surface area contributed by atoms with E-state index in [1.165, 1.54) is 6.26 Å². The second kappa shape index (κ2) is 7.23. The maximum absolute atomic E-state index is 11.5. The van der Waals surface area contributed by atoms with Gasteiger partial charge in [-0.2, -0.15) is 0 Å². The first kappa shape index (κ1) is 15.6. The number of hydrogen-bond donors (Lipinski definition) is 1. The van der Waals surface area contributed by atoms with Crippen molar-refractivity contribution < 1.29 is 13.5 Å². The van der Waals surface area contributed by atoms with Crippen LogP contribution in [0.2, 0.25) is 0 Å². The van der Waals surface area contributed by atoms with Crippen LogP contribution in [0.4, 0.5) is 0 Å². The van der Waals surface area contributed by atoms with Crippen molar-refractivity contribution in [1.29, 1.82) is 0 Å². The normalized spacial score (nSPS) is 22.3. The molecule has 1 rings (SSSR count). The van der Waals surface area contributed by atoms with Gasteiger partial charge in [0, 0.05) is 32.7 Å². The van der Waals surface area contributed by atoms with Crippen molar-refractivity contribution in [2.75, 3.05) is 45.6 Å². The molecule has 1 fully saturated rings. The Morgan fingerprint density at radius 3 is 2.83 bits per heavy atom. The summed E-state index contributed by atoms with van der Waals surface area (Å²) in [6.45, 7) is 7.22. The van der Waals surface area contributed by atoms with Crippen molar-refractivity contribution in [3.63, 3.8) is 0 Å². The lowest BCUT2D eigenvalue weighted by Crippen LogP contribution is -2.43. The lowest BCUT2D eigenvalue weighted by atomic mass is 9.99. The lowest BCUT2D eigenvalue weighted by Gasteiger charge is -2.34. The number of hydrogen-bond acceptors (Lipinski definition) is 4. The molecule has 106 valence electrons. The number of nitrogens with zero attached hydrogens (tertiary/aromatic N) is 2. The van der Waals surface area contributed by atoms with E-state index in [0.29, 0.717) is 25.6 Å². The fourth-order valence-corrected chi connectivity index (χ4v) is 3.37. The summed E-state index contributed by atoms with van der Waals surface area (Å²) in [5, 5.41) is 8.99. The zero-order valence-corrected chi connectivity index (χ0v) is 11.9. The van der Waals surface area contributed by atoms with Gasteiger partial charge < -0.3 is 5.11 Å². The monoisotopic (exact) mass is 276 g/mol. The zero-order chi connectivity index (χ0) is 13.6. The molecular formula is C12H24N2O3S. The predicted molar refractivity (Wildman–Crippen MR) is 72.9 cm³/mol. The van der Waals surface area contributed by atoms with E-state index in [1.807, 2.05) is 6.08 Å². The first-order valence-electron chi connectivity index (χ1n) is 6.36. The summed E-state index contributed by atoms with van der Waals surface area (Å²) in [5.41, 5.74) is 0. The molecule has 1 aliphatic heterocycles. The van der Waals surface area contributed by atoms with E-state index in [-0.39, 0.29) is 6.61 Å². The number of piperidine rings is 1. The van der Waals surface area contributed by atoms with Crippen molar-refractivity contribution in [2.24, 2.45) is 5.92 Å². The van der Waals surface area contributed by atoms with Gasteiger partial charge in [-0.25, -0.2) is 12.7 Å². The van der Waals surface area contributed by atoms with Crippen LogP contribution in [0.15, 0.2) is 12.7 Å². The molecule has 0 amide bonds. The molecule has 0 aromatic heterocycles. The van der Waals surface area contributed by atoms with Gasteiger partial charge in [0.2, 0.25) is 10.0 Å². The fourth-order valence-electron chi connectivity index (χ4n) is 2.42. The highest BCUT2D eigenvalue weighted by Gasteiger charge is 2.26. The molecule has 0 aliphatic carbocycles. The van der Waals surface area contributed by atoms with Crippen LogP contribution in [-0.4, -0.2) is 68.3 Å². The SMILES string of the molecule is C=CCN(CCO)C[C@H]1CCCN(S(C)(=O)=O)C1. The minimum atomic E-state index is -3.07. The molecule has 1 atom stereocenters. The lowest BCUT2D eigenvalue weighted by molar-refractivity contribution is 0.159. The summed E-state index contributed by atoms with van der Waals surface area (Å²) >= 11 is 0. The molecule has 0 aromatic rings. The quantitative estimate of drug-likeness (QED) is 0.672. The molecule has 1 aliphatic rings. The van der Waals surface area contributed by atoms with E-state index in [4.69, 9.17) is 5.11 Å². The van der Waals surface area contributed by atoms with E-state index < -0.39 is 10.0 Å². The largest absolute Gasteiger partial charge is 0.395 e. The molecule has 0 aromatic carbocycles. The van der Waals surface area contributed by atoms with Crippen molar-refractivity contribution in [3.8, 4) is 0 Å². The van der Waals surface area contributed by atoms with Gasteiger partial charge in [-0.15, -0.1) is 6.58 Å². The predicted octanol–water partition coefficient (Wildman–Crippen LogP) is 0.138. The molecule has 0 saturated carbocycles. The minimum absolute atomic E-state index is 0.121. The highest BCUT2D eigenvalue weighted by Crippen LogP contribution is 2.19. The Bertz CT molecular complexity index is 356. The molecule has 1 saturated heterocycles.